The minimum Gasteiger partial charge on any atom is -0.462 e. The molecule has 1 aliphatic heterocycles. The number of fused-ring (bicyclic) bond motifs is 2. The molecule has 172 valence electrons. The predicted molar refractivity (Wildman–Crippen MR) is 130 cm³/mol. The lowest BCUT2D eigenvalue weighted by atomic mass is 9.91. The van der Waals surface area contributed by atoms with Gasteiger partial charge in [-0.05, 0) is 55.7 Å². The van der Waals surface area contributed by atoms with Crippen LogP contribution >= 0.6 is 11.3 Å². The number of aliphatic hydroxyl groups excluding tert-OH is 1. The van der Waals surface area contributed by atoms with Gasteiger partial charge in [-0.25, -0.2) is 9.31 Å². The molecule has 1 fully saturated rings. The molecule has 0 radical (unpaired) electrons. The van der Waals surface area contributed by atoms with E-state index in [2.05, 4.69) is 17.9 Å². The van der Waals surface area contributed by atoms with Crippen molar-refractivity contribution in [1.82, 2.24) is 14.6 Å². The summed E-state index contributed by atoms with van der Waals surface area (Å²) in [5, 5.41) is 17.6. The summed E-state index contributed by atoms with van der Waals surface area (Å²) in [6, 6.07) is 11.6. The van der Waals surface area contributed by atoms with Gasteiger partial charge in [-0.15, -0.1) is 0 Å². The molecule has 2 aromatic carbocycles. The number of carbonyl (C=O) groups excluding carboxylic acids is 1. The van der Waals surface area contributed by atoms with Gasteiger partial charge in [0.25, 0.3) is 0 Å². The van der Waals surface area contributed by atoms with E-state index < -0.39 is 0 Å². The van der Waals surface area contributed by atoms with Gasteiger partial charge >= 0.3 is 5.97 Å². The number of carbonyl (C=O) groups is 1. The summed E-state index contributed by atoms with van der Waals surface area (Å²) >= 11 is 1.49. The number of nitrogens with zero attached hydrogens (tertiary/aromatic N) is 4. The Kier molecular flexibility index (Phi) is 5.55. The number of rotatable bonds is 5. The van der Waals surface area contributed by atoms with Crippen molar-refractivity contribution in [3.05, 3.63) is 47.7 Å². The van der Waals surface area contributed by atoms with Gasteiger partial charge in [-0.2, -0.15) is 10.1 Å². The number of piperidine rings is 1. The van der Waals surface area contributed by atoms with Crippen LogP contribution in [-0.2, 0) is 11.3 Å². The fourth-order valence-corrected chi connectivity index (χ4v) is 5.15. The molecule has 33 heavy (non-hydrogen) atoms. The first kappa shape index (κ1) is 21.8. The Morgan fingerprint density at radius 2 is 1.94 bits per heavy atom. The largest absolute Gasteiger partial charge is 0.462 e. The monoisotopic (exact) mass is 465 g/mol. The van der Waals surface area contributed by atoms with E-state index >= 15 is 0 Å². The Hall–Kier alpha value is -3.01. The third kappa shape index (κ3) is 4.07. The van der Waals surface area contributed by atoms with Gasteiger partial charge in [0.2, 0.25) is 4.96 Å². The van der Waals surface area contributed by atoms with Gasteiger partial charge in [-0.1, -0.05) is 29.5 Å². The quantitative estimate of drug-likeness (QED) is 0.434. The maximum atomic E-state index is 12.0. The van der Waals surface area contributed by atoms with Crippen LogP contribution in [0.2, 0.25) is 0 Å². The Bertz CT molecular complexity index is 1330. The molecule has 4 aromatic rings. The van der Waals surface area contributed by atoms with Crippen LogP contribution in [-0.4, -0.2) is 50.9 Å². The molecule has 0 aliphatic carbocycles. The van der Waals surface area contributed by atoms with E-state index in [0.29, 0.717) is 17.9 Å². The van der Waals surface area contributed by atoms with Gasteiger partial charge in [0.1, 0.15) is 10.7 Å². The molecule has 1 aliphatic rings. The number of aliphatic hydroxyl groups is 1. The van der Waals surface area contributed by atoms with Crippen molar-refractivity contribution in [2.75, 3.05) is 24.6 Å². The lowest BCUT2D eigenvalue weighted by Gasteiger charge is -2.37. The second-order valence-corrected chi connectivity index (χ2v) is 9.74. The Labute approximate surface area is 195 Å². The summed E-state index contributed by atoms with van der Waals surface area (Å²) in [7, 11) is 0. The van der Waals surface area contributed by atoms with Crippen molar-refractivity contribution in [2.45, 2.75) is 38.8 Å². The molecule has 3 N–H and O–H groups in total. The lowest BCUT2D eigenvalue weighted by Crippen LogP contribution is -2.48. The molecule has 3 heterocycles. The second-order valence-electron chi connectivity index (χ2n) is 8.78. The number of anilines is 1. The Balaban J connectivity index is 1.45. The molecule has 1 saturated heterocycles. The minimum atomic E-state index is -0.318. The fraction of sp³-hybridized carbons (Fsp3) is 0.375. The standard InChI is InChI=1S/C24H27N5O3S/c1-3-32-22(31)18-7-5-15-12-17(6-4-16(15)13-18)21-27-29-19(14-30)20(26-23(29)33-21)28-10-8-24(2,25)9-11-28/h4-7,12-13,30H,3,8-11,14,25H2,1-2H3. The summed E-state index contributed by atoms with van der Waals surface area (Å²) < 4.78 is 6.84. The number of esters is 1. The first-order valence-corrected chi connectivity index (χ1v) is 11.9. The van der Waals surface area contributed by atoms with Crippen LogP contribution < -0.4 is 10.6 Å². The molecule has 0 atom stereocenters. The van der Waals surface area contributed by atoms with Crippen molar-refractivity contribution in [3.63, 3.8) is 0 Å². The average Bonchev–Trinajstić information content (AvgIpc) is 3.36. The van der Waals surface area contributed by atoms with E-state index in [-0.39, 0.29) is 18.1 Å². The molecule has 0 unspecified atom stereocenters. The summed E-state index contributed by atoms with van der Waals surface area (Å²) in [6.07, 6.45) is 1.77. The highest BCUT2D eigenvalue weighted by Crippen LogP contribution is 2.33. The van der Waals surface area contributed by atoms with Crippen LogP contribution in [0.15, 0.2) is 36.4 Å². The molecule has 9 heteroatoms. The van der Waals surface area contributed by atoms with Gasteiger partial charge in [0, 0.05) is 24.2 Å². The molecule has 0 bridgehead atoms. The van der Waals surface area contributed by atoms with Crippen molar-refractivity contribution in [1.29, 1.82) is 0 Å². The van der Waals surface area contributed by atoms with Crippen LogP contribution in [0.1, 0.15) is 42.7 Å². The fourth-order valence-electron chi connectivity index (χ4n) is 4.24. The third-order valence-electron chi connectivity index (χ3n) is 6.23. The maximum Gasteiger partial charge on any atom is 0.338 e. The Morgan fingerprint density at radius 3 is 2.67 bits per heavy atom. The smallest absolute Gasteiger partial charge is 0.338 e. The van der Waals surface area contributed by atoms with E-state index in [0.717, 1.165) is 58.1 Å². The molecule has 2 aromatic heterocycles. The SMILES string of the molecule is CCOC(=O)c1ccc2cc(-c3nn4c(CO)c(N5CCC(C)(N)CC5)nc4s3)ccc2c1. The van der Waals surface area contributed by atoms with Crippen LogP contribution in [0, 0.1) is 0 Å². The van der Waals surface area contributed by atoms with Gasteiger partial charge in [0.05, 0.1) is 18.8 Å². The summed E-state index contributed by atoms with van der Waals surface area (Å²) in [6.45, 7) is 5.72. The van der Waals surface area contributed by atoms with E-state index in [1.165, 1.54) is 11.3 Å². The molecule has 8 nitrogen and oxygen atoms in total. The number of hydrogen-bond donors (Lipinski definition) is 2. The number of aromatic nitrogens is 3. The summed E-state index contributed by atoms with van der Waals surface area (Å²) in [5.41, 5.74) is 8.33. The van der Waals surface area contributed by atoms with Crippen LogP contribution in [0.4, 0.5) is 5.82 Å². The number of nitrogens with two attached hydrogens (primary N) is 1. The van der Waals surface area contributed by atoms with Crippen molar-refractivity contribution in [3.8, 4) is 10.6 Å². The second kappa shape index (κ2) is 8.40. The number of hydrogen-bond acceptors (Lipinski definition) is 8. The topological polar surface area (TPSA) is 106 Å². The zero-order chi connectivity index (χ0) is 23.2. The van der Waals surface area contributed by atoms with E-state index in [1.807, 2.05) is 24.3 Å². The van der Waals surface area contributed by atoms with Gasteiger partial charge < -0.3 is 20.5 Å². The van der Waals surface area contributed by atoms with E-state index in [4.69, 9.17) is 20.6 Å². The number of ether oxygens (including phenoxy) is 1. The van der Waals surface area contributed by atoms with E-state index in [1.54, 1.807) is 17.5 Å². The van der Waals surface area contributed by atoms with Crippen LogP contribution in [0.25, 0.3) is 26.3 Å². The predicted octanol–water partition coefficient (Wildman–Crippen LogP) is 3.60. The third-order valence-corrected chi connectivity index (χ3v) is 7.19. The zero-order valence-electron chi connectivity index (χ0n) is 18.7. The minimum absolute atomic E-state index is 0.135. The van der Waals surface area contributed by atoms with Crippen molar-refractivity contribution >= 4 is 38.9 Å². The van der Waals surface area contributed by atoms with E-state index in [9.17, 15) is 9.90 Å². The summed E-state index contributed by atoms with van der Waals surface area (Å²) in [5.74, 6) is 0.477. The lowest BCUT2D eigenvalue weighted by molar-refractivity contribution is 0.0526. The molecular weight excluding hydrogens is 438 g/mol. The van der Waals surface area contributed by atoms with Crippen molar-refractivity contribution in [2.24, 2.45) is 5.73 Å². The molecule has 0 amide bonds. The highest BCUT2D eigenvalue weighted by molar-refractivity contribution is 7.19. The highest BCUT2D eigenvalue weighted by Gasteiger charge is 2.29. The first-order valence-electron chi connectivity index (χ1n) is 11.1. The normalized spacial score (nSPS) is 15.9. The van der Waals surface area contributed by atoms with Crippen molar-refractivity contribution < 1.29 is 14.6 Å². The number of imidazole rings is 1. The first-order chi connectivity index (χ1) is 15.9. The van der Waals surface area contributed by atoms with Gasteiger partial charge in [-0.3, -0.25) is 0 Å². The van der Waals surface area contributed by atoms with Crippen LogP contribution in [0.5, 0.6) is 0 Å². The average molecular weight is 466 g/mol. The highest BCUT2D eigenvalue weighted by atomic mass is 32.1. The molecule has 0 spiro atoms. The number of benzene rings is 2. The molecule has 5 rings (SSSR count). The summed E-state index contributed by atoms with van der Waals surface area (Å²) in [4.78, 5) is 19.8. The molecule has 0 saturated carbocycles. The van der Waals surface area contributed by atoms with Crippen LogP contribution in [0.3, 0.4) is 0 Å². The maximum absolute atomic E-state index is 12.0. The van der Waals surface area contributed by atoms with Gasteiger partial charge in [0.15, 0.2) is 5.82 Å². The zero-order valence-corrected chi connectivity index (χ0v) is 19.6. The molecular formula is C24H27N5O3S. The Morgan fingerprint density at radius 1 is 1.21 bits per heavy atom.